The number of benzene rings is 1. The third-order valence-electron chi connectivity index (χ3n) is 5.27. The molecule has 1 fully saturated rings. The van der Waals surface area contributed by atoms with Crippen molar-refractivity contribution < 1.29 is 0 Å². The van der Waals surface area contributed by atoms with Crippen LogP contribution in [0.1, 0.15) is 60.6 Å². The average Bonchev–Trinajstić information content (AvgIpc) is 3.06. The molecule has 22 heavy (non-hydrogen) atoms. The molecule has 1 saturated heterocycles. The number of hydrogen-bond acceptors (Lipinski definition) is 3. The van der Waals surface area contributed by atoms with E-state index in [1.54, 1.807) is 11.1 Å². The molecule has 1 aliphatic heterocycles. The van der Waals surface area contributed by atoms with E-state index in [1.807, 2.05) is 11.3 Å². The van der Waals surface area contributed by atoms with Crippen LogP contribution < -0.4 is 5.32 Å². The minimum absolute atomic E-state index is 0.663. The normalized spacial score (nSPS) is 22.5. The van der Waals surface area contributed by atoms with Crippen molar-refractivity contribution in [2.45, 2.75) is 50.9 Å². The third kappa shape index (κ3) is 2.72. The number of aryl methyl sites for hydroxylation is 1. The molecule has 1 atom stereocenters. The highest BCUT2D eigenvalue weighted by Gasteiger charge is 2.20. The fourth-order valence-electron chi connectivity index (χ4n) is 3.87. The second-order valence-electron chi connectivity index (χ2n) is 6.80. The molecule has 0 bridgehead atoms. The highest BCUT2D eigenvalue weighted by atomic mass is 32.1. The van der Waals surface area contributed by atoms with Crippen LogP contribution in [0, 0.1) is 0 Å². The number of nitrogens with one attached hydrogen (secondary N) is 1. The van der Waals surface area contributed by atoms with Crippen LogP contribution in [0.2, 0.25) is 0 Å². The fourth-order valence-corrected chi connectivity index (χ4v) is 4.87. The molecule has 0 unspecified atom stereocenters. The van der Waals surface area contributed by atoms with E-state index in [2.05, 4.69) is 35.8 Å². The van der Waals surface area contributed by atoms with Gasteiger partial charge in [-0.05, 0) is 68.3 Å². The van der Waals surface area contributed by atoms with Gasteiger partial charge < -0.3 is 5.32 Å². The standard InChI is InChI=1S/C19H24N2S/c1-13-3-2-4-14-5-6-16(11-17(13)14)18-12-22-19(21-18)15-7-9-20-10-8-15/h5-6,11-13,15,20H,2-4,7-10H2,1H3/t13-/m1/s1. The molecule has 2 aliphatic rings. The first kappa shape index (κ1) is 14.4. The molecule has 1 aromatic heterocycles. The van der Waals surface area contributed by atoms with Crippen LogP contribution in [-0.2, 0) is 6.42 Å². The van der Waals surface area contributed by atoms with Gasteiger partial charge in [-0.15, -0.1) is 11.3 Å². The predicted octanol–water partition coefficient (Wildman–Crippen LogP) is 4.72. The maximum absolute atomic E-state index is 4.97. The molecule has 1 aliphatic carbocycles. The topological polar surface area (TPSA) is 24.9 Å². The molecule has 0 radical (unpaired) electrons. The summed E-state index contributed by atoms with van der Waals surface area (Å²) in [5.74, 6) is 1.36. The molecule has 4 rings (SSSR count). The fraction of sp³-hybridized carbons (Fsp3) is 0.526. The predicted molar refractivity (Wildman–Crippen MR) is 93.7 cm³/mol. The smallest absolute Gasteiger partial charge is 0.0964 e. The second kappa shape index (κ2) is 6.13. The SMILES string of the molecule is C[C@@H]1CCCc2ccc(-c3csc(C4CCNCC4)n3)cc21. The molecule has 1 aromatic carbocycles. The summed E-state index contributed by atoms with van der Waals surface area (Å²) in [6.45, 7) is 4.63. The quantitative estimate of drug-likeness (QED) is 0.868. The van der Waals surface area contributed by atoms with Gasteiger partial charge in [-0.3, -0.25) is 0 Å². The third-order valence-corrected chi connectivity index (χ3v) is 6.27. The number of nitrogens with zero attached hydrogens (tertiary/aromatic N) is 1. The summed E-state index contributed by atoms with van der Waals surface area (Å²) in [6, 6.07) is 7.02. The van der Waals surface area contributed by atoms with Crippen LogP contribution in [0.4, 0.5) is 0 Å². The van der Waals surface area contributed by atoms with E-state index >= 15 is 0 Å². The van der Waals surface area contributed by atoms with Gasteiger partial charge in [-0.2, -0.15) is 0 Å². The van der Waals surface area contributed by atoms with E-state index in [9.17, 15) is 0 Å². The monoisotopic (exact) mass is 312 g/mol. The summed E-state index contributed by atoms with van der Waals surface area (Å²) in [6.07, 6.45) is 6.37. The van der Waals surface area contributed by atoms with Crippen molar-refractivity contribution in [1.82, 2.24) is 10.3 Å². The molecule has 0 spiro atoms. The first-order valence-electron chi connectivity index (χ1n) is 8.60. The zero-order valence-corrected chi connectivity index (χ0v) is 14.1. The van der Waals surface area contributed by atoms with Gasteiger partial charge in [-0.25, -0.2) is 4.98 Å². The van der Waals surface area contributed by atoms with Crippen molar-refractivity contribution in [1.29, 1.82) is 0 Å². The van der Waals surface area contributed by atoms with E-state index in [0.717, 1.165) is 13.1 Å². The number of hydrogen-bond donors (Lipinski definition) is 1. The van der Waals surface area contributed by atoms with Crippen molar-refractivity contribution in [3.8, 4) is 11.3 Å². The number of thiazole rings is 1. The minimum Gasteiger partial charge on any atom is -0.317 e. The molecule has 2 aromatic rings. The summed E-state index contributed by atoms with van der Waals surface area (Å²) in [4.78, 5) is 4.97. The zero-order valence-electron chi connectivity index (χ0n) is 13.3. The highest BCUT2D eigenvalue weighted by Crippen LogP contribution is 2.36. The lowest BCUT2D eigenvalue weighted by Gasteiger charge is -2.22. The molecule has 0 saturated carbocycles. The van der Waals surface area contributed by atoms with Crippen LogP contribution in [0.5, 0.6) is 0 Å². The molecule has 2 nitrogen and oxygen atoms in total. The van der Waals surface area contributed by atoms with Gasteiger partial charge in [-0.1, -0.05) is 19.1 Å². The summed E-state index contributed by atoms with van der Waals surface area (Å²) in [5.41, 5.74) is 5.60. The number of fused-ring (bicyclic) bond motifs is 1. The van der Waals surface area contributed by atoms with Crippen LogP contribution in [0.3, 0.4) is 0 Å². The summed E-state index contributed by atoms with van der Waals surface area (Å²) in [5, 5.41) is 7.03. The van der Waals surface area contributed by atoms with Crippen LogP contribution >= 0.6 is 11.3 Å². The van der Waals surface area contributed by atoms with Gasteiger partial charge in [0.15, 0.2) is 0 Å². The molecular formula is C19H24N2S. The molecule has 2 heterocycles. The molecule has 0 amide bonds. The highest BCUT2D eigenvalue weighted by molar-refractivity contribution is 7.10. The Bertz CT molecular complexity index is 655. The minimum atomic E-state index is 0.663. The van der Waals surface area contributed by atoms with Gasteiger partial charge in [0, 0.05) is 16.9 Å². The van der Waals surface area contributed by atoms with Gasteiger partial charge in [0.1, 0.15) is 0 Å². The van der Waals surface area contributed by atoms with Crippen LogP contribution in [0.15, 0.2) is 23.6 Å². The van der Waals surface area contributed by atoms with Gasteiger partial charge in [0.05, 0.1) is 10.7 Å². The first-order chi connectivity index (χ1) is 10.8. The van der Waals surface area contributed by atoms with E-state index in [1.165, 1.54) is 48.4 Å². The number of rotatable bonds is 2. The number of aromatic nitrogens is 1. The molecule has 1 N–H and O–H groups in total. The van der Waals surface area contributed by atoms with Gasteiger partial charge in [0.25, 0.3) is 0 Å². The van der Waals surface area contributed by atoms with Crippen molar-refractivity contribution in [2.75, 3.05) is 13.1 Å². The van der Waals surface area contributed by atoms with Crippen LogP contribution in [0.25, 0.3) is 11.3 Å². The van der Waals surface area contributed by atoms with Crippen LogP contribution in [-0.4, -0.2) is 18.1 Å². The van der Waals surface area contributed by atoms with Crippen molar-refractivity contribution >= 4 is 11.3 Å². The average molecular weight is 312 g/mol. The Morgan fingerprint density at radius 3 is 2.91 bits per heavy atom. The maximum Gasteiger partial charge on any atom is 0.0964 e. The lowest BCUT2D eigenvalue weighted by Crippen LogP contribution is -2.26. The Hall–Kier alpha value is -1.19. The molecule has 116 valence electrons. The van der Waals surface area contributed by atoms with Gasteiger partial charge in [0.2, 0.25) is 0 Å². The Balaban J connectivity index is 1.62. The number of piperidine rings is 1. The largest absolute Gasteiger partial charge is 0.317 e. The Kier molecular flexibility index (Phi) is 4.01. The second-order valence-corrected chi connectivity index (χ2v) is 7.69. The first-order valence-corrected chi connectivity index (χ1v) is 9.48. The van der Waals surface area contributed by atoms with Crippen molar-refractivity contribution in [3.05, 3.63) is 39.7 Å². The maximum atomic E-state index is 4.97. The Labute approximate surface area is 137 Å². The van der Waals surface area contributed by atoms with Crippen molar-refractivity contribution in [3.63, 3.8) is 0 Å². The summed E-state index contributed by atoms with van der Waals surface area (Å²) in [7, 11) is 0. The summed E-state index contributed by atoms with van der Waals surface area (Å²) < 4.78 is 0. The van der Waals surface area contributed by atoms with E-state index < -0.39 is 0 Å². The summed E-state index contributed by atoms with van der Waals surface area (Å²) >= 11 is 1.85. The Morgan fingerprint density at radius 1 is 1.18 bits per heavy atom. The lowest BCUT2D eigenvalue weighted by atomic mass is 9.83. The molecule has 3 heteroatoms. The van der Waals surface area contributed by atoms with E-state index in [4.69, 9.17) is 4.98 Å². The van der Waals surface area contributed by atoms with Gasteiger partial charge >= 0.3 is 0 Å². The van der Waals surface area contributed by atoms with Crippen molar-refractivity contribution in [2.24, 2.45) is 0 Å². The zero-order chi connectivity index (χ0) is 14.9. The van der Waals surface area contributed by atoms with E-state index in [-0.39, 0.29) is 0 Å². The molecular weight excluding hydrogens is 288 g/mol. The Morgan fingerprint density at radius 2 is 2.05 bits per heavy atom. The van der Waals surface area contributed by atoms with E-state index in [0.29, 0.717) is 11.8 Å². The lowest BCUT2D eigenvalue weighted by molar-refractivity contribution is 0.459.